The van der Waals surface area contributed by atoms with Crippen LogP contribution in [-0.4, -0.2) is 52.4 Å². The molecule has 1 saturated heterocycles. The van der Waals surface area contributed by atoms with Gasteiger partial charge in [-0.3, -0.25) is 9.69 Å². The number of anilines is 1. The monoisotopic (exact) mass is 436 g/mol. The Kier molecular flexibility index (Phi) is 5.27. The highest BCUT2D eigenvalue weighted by Crippen LogP contribution is 2.43. The van der Waals surface area contributed by atoms with Crippen molar-refractivity contribution in [3.05, 3.63) is 59.7 Å². The van der Waals surface area contributed by atoms with Crippen LogP contribution >= 0.6 is 0 Å². The lowest BCUT2D eigenvalue weighted by atomic mass is 9.80. The number of hydrogen-bond donors (Lipinski definition) is 3. The third-order valence-corrected chi connectivity index (χ3v) is 7.35. The number of nitrogens with one attached hydrogen (secondary N) is 1. The minimum atomic E-state index is -0.761. The maximum Gasteiger partial charge on any atom is 0.230 e. The SMILES string of the molecule is CC1(C)Cc2cc([C@@H](O)CN3C[C@H]4C[C@H](Oc5ccccc5)C[C@@]4(O)C3)ccc2NC1=O. The predicted molar refractivity (Wildman–Crippen MR) is 122 cm³/mol. The van der Waals surface area contributed by atoms with Gasteiger partial charge in [0.1, 0.15) is 11.9 Å². The van der Waals surface area contributed by atoms with Gasteiger partial charge in [-0.05, 0) is 42.2 Å². The molecule has 0 unspecified atom stereocenters. The van der Waals surface area contributed by atoms with Crippen LogP contribution in [0.5, 0.6) is 5.75 Å². The number of amides is 1. The first kappa shape index (κ1) is 21.4. The number of aliphatic hydroxyl groups excluding tert-OH is 1. The summed E-state index contributed by atoms with van der Waals surface area (Å²) in [7, 11) is 0. The van der Waals surface area contributed by atoms with Crippen molar-refractivity contribution in [3.63, 3.8) is 0 Å². The summed E-state index contributed by atoms with van der Waals surface area (Å²) in [6.45, 7) is 5.67. The molecule has 1 amide bonds. The van der Waals surface area contributed by atoms with Gasteiger partial charge in [0.05, 0.1) is 11.7 Å². The minimum Gasteiger partial charge on any atom is -0.490 e. The predicted octanol–water partition coefficient (Wildman–Crippen LogP) is 3.15. The van der Waals surface area contributed by atoms with Crippen molar-refractivity contribution >= 4 is 11.6 Å². The van der Waals surface area contributed by atoms with E-state index in [1.807, 2.05) is 62.4 Å². The zero-order valence-electron chi connectivity index (χ0n) is 18.8. The quantitative estimate of drug-likeness (QED) is 0.671. The molecule has 2 aromatic carbocycles. The molecule has 6 heteroatoms. The van der Waals surface area contributed by atoms with Crippen LogP contribution in [0.4, 0.5) is 5.69 Å². The molecule has 0 spiro atoms. The third kappa shape index (κ3) is 4.03. The van der Waals surface area contributed by atoms with Gasteiger partial charge in [-0.15, -0.1) is 0 Å². The van der Waals surface area contributed by atoms with Crippen molar-refractivity contribution in [1.29, 1.82) is 0 Å². The Balaban J connectivity index is 1.20. The lowest BCUT2D eigenvalue weighted by Crippen LogP contribution is -2.37. The number of ether oxygens (including phenoxy) is 1. The maximum atomic E-state index is 12.2. The lowest BCUT2D eigenvalue weighted by Gasteiger charge is -2.31. The molecule has 0 aromatic heterocycles. The number of benzene rings is 2. The Labute approximate surface area is 189 Å². The molecule has 0 radical (unpaired) electrons. The van der Waals surface area contributed by atoms with E-state index >= 15 is 0 Å². The number of likely N-dealkylation sites (tertiary alicyclic amines) is 1. The Morgan fingerprint density at radius 3 is 2.75 bits per heavy atom. The van der Waals surface area contributed by atoms with Gasteiger partial charge in [0.25, 0.3) is 0 Å². The van der Waals surface area contributed by atoms with Crippen molar-refractivity contribution in [1.82, 2.24) is 4.90 Å². The van der Waals surface area contributed by atoms with Crippen molar-refractivity contribution < 1.29 is 19.7 Å². The Bertz CT molecular complexity index is 1010. The average molecular weight is 437 g/mol. The van der Waals surface area contributed by atoms with Gasteiger partial charge in [-0.2, -0.15) is 0 Å². The minimum absolute atomic E-state index is 0.0266. The normalized spacial score (nSPS) is 29.8. The first-order chi connectivity index (χ1) is 15.2. The second kappa shape index (κ2) is 7.87. The van der Waals surface area contributed by atoms with E-state index in [4.69, 9.17) is 4.74 Å². The molecule has 1 aliphatic carbocycles. The molecule has 1 saturated carbocycles. The molecule has 32 heavy (non-hydrogen) atoms. The summed E-state index contributed by atoms with van der Waals surface area (Å²) in [5, 5.41) is 25.1. The summed E-state index contributed by atoms with van der Waals surface area (Å²) < 4.78 is 6.08. The van der Waals surface area contributed by atoms with Crippen molar-refractivity contribution in [2.75, 3.05) is 25.0 Å². The van der Waals surface area contributed by atoms with Gasteiger partial charge in [-0.1, -0.05) is 44.2 Å². The van der Waals surface area contributed by atoms with E-state index in [0.29, 0.717) is 25.9 Å². The highest BCUT2D eigenvalue weighted by Gasteiger charge is 2.52. The first-order valence-corrected chi connectivity index (χ1v) is 11.5. The zero-order chi connectivity index (χ0) is 22.5. The number of para-hydroxylation sites is 1. The molecule has 3 aliphatic rings. The number of carbonyl (C=O) groups excluding carboxylic acids is 1. The highest BCUT2D eigenvalue weighted by atomic mass is 16.5. The van der Waals surface area contributed by atoms with Gasteiger partial charge in [0, 0.05) is 43.1 Å². The second-order valence-corrected chi connectivity index (χ2v) is 10.4. The standard InChI is InChI=1S/C26H32N2O4/c1-25(2)12-18-10-17(8-9-22(18)27-24(25)30)23(29)15-28-14-19-11-21(13-26(19,31)16-28)32-20-6-4-3-5-7-20/h3-10,19,21,23,29,31H,11-16H2,1-2H3,(H,27,30)/t19-,21+,23+,26-/m1/s1. The summed E-state index contributed by atoms with van der Waals surface area (Å²) in [5.74, 6) is 1.03. The number of hydrogen-bond acceptors (Lipinski definition) is 5. The molecule has 5 rings (SSSR count). The number of fused-ring (bicyclic) bond motifs is 2. The van der Waals surface area contributed by atoms with E-state index in [1.54, 1.807) is 0 Å². The number of nitrogens with zero attached hydrogens (tertiary/aromatic N) is 1. The molecule has 2 aliphatic heterocycles. The van der Waals surface area contributed by atoms with Crippen LogP contribution in [0, 0.1) is 11.3 Å². The molecule has 2 heterocycles. The molecule has 6 nitrogen and oxygen atoms in total. The fraction of sp³-hybridized carbons (Fsp3) is 0.500. The molecule has 170 valence electrons. The molecular weight excluding hydrogens is 404 g/mol. The summed E-state index contributed by atoms with van der Waals surface area (Å²) in [6.07, 6.45) is 1.49. The van der Waals surface area contributed by atoms with Gasteiger partial charge in [0.15, 0.2) is 0 Å². The van der Waals surface area contributed by atoms with Gasteiger partial charge in [-0.25, -0.2) is 0 Å². The van der Waals surface area contributed by atoms with Crippen LogP contribution in [0.25, 0.3) is 0 Å². The molecule has 4 atom stereocenters. The number of carbonyl (C=O) groups is 1. The smallest absolute Gasteiger partial charge is 0.230 e. The van der Waals surface area contributed by atoms with Crippen LogP contribution in [0.15, 0.2) is 48.5 Å². The Morgan fingerprint density at radius 1 is 1.22 bits per heavy atom. The van der Waals surface area contributed by atoms with E-state index in [-0.39, 0.29) is 17.9 Å². The molecular formula is C26H32N2O4. The number of rotatable bonds is 5. The average Bonchev–Trinajstić information content (AvgIpc) is 3.19. The summed E-state index contributed by atoms with van der Waals surface area (Å²) in [6, 6.07) is 15.6. The van der Waals surface area contributed by atoms with Crippen LogP contribution in [0.2, 0.25) is 0 Å². The summed E-state index contributed by atoms with van der Waals surface area (Å²) in [5.41, 5.74) is 1.53. The van der Waals surface area contributed by atoms with Crippen molar-refractivity contribution in [2.45, 2.75) is 50.9 Å². The molecule has 3 N–H and O–H groups in total. The van der Waals surface area contributed by atoms with E-state index in [2.05, 4.69) is 10.2 Å². The summed E-state index contributed by atoms with van der Waals surface area (Å²) in [4.78, 5) is 14.3. The number of aliphatic hydroxyl groups is 2. The second-order valence-electron chi connectivity index (χ2n) is 10.4. The Hall–Kier alpha value is -2.41. The largest absolute Gasteiger partial charge is 0.490 e. The fourth-order valence-electron chi connectivity index (χ4n) is 5.59. The van der Waals surface area contributed by atoms with Crippen LogP contribution in [0.1, 0.15) is 43.9 Å². The zero-order valence-corrected chi connectivity index (χ0v) is 18.8. The molecule has 0 bridgehead atoms. The van der Waals surface area contributed by atoms with E-state index < -0.39 is 17.1 Å². The Morgan fingerprint density at radius 2 is 2.00 bits per heavy atom. The van der Waals surface area contributed by atoms with Gasteiger partial charge in [0.2, 0.25) is 5.91 Å². The van der Waals surface area contributed by atoms with E-state index in [0.717, 1.165) is 35.5 Å². The topological polar surface area (TPSA) is 82.0 Å². The van der Waals surface area contributed by atoms with Crippen LogP contribution in [-0.2, 0) is 11.2 Å². The third-order valence-electron chi connectivity index (χ3n) is 7.35. The van der Waals surface area contributed by atoms with Crippen LogP contribution < -0.4 is 10.1 Å². The fourth-order valence-corrected chi connectivity index (χ4v) is 5.59. The molecule has 2 fully saturated rings. The van der Waals surface area contributed by atoms with Gasteiger partial charge >= 0.3 is 0 Å². The first-order valence-electron chi connectivity index (χ1n) is 11.5. The van der Waals surface area contributed by atoms with Crippen molar-refractivity contribution in [2.24, 2.45) is 11.3 Å². The van der Waals surface area contributed by atoms with E-state index in [9.17, 15) is 15.0 Å². The highest BCUT2D eigenvalue weighted by molar-refractivity contribution is 5.98. The van der Waals surface area contributed by atoms with Gasteiger partial charge < -0.3 is 20.3 Å². The lowest BCUT2D eigenvalue weighted by molar-refractivity contribution is -0.124. The number of β-amino-alcohol motifs (C(OH)–C–C–N with tert-alkyl or cyclic N) is 2. The summed E-state index contributed by atoms with van der Waals surface area (Å²) >= 11 is 0. The van der Waals surface area contributed by atoms with E-state index in [1.165, 1.54) is 0 Å². The molecule has 2 aromatic rings. The van der Waals surface area contributed by atoms with Crippen molar-refractivity contribution in [3.8, 4) is 5.75 Å². The van der Waals surface area contributed by atoms with Crippen LogP contribution in [0.3, 0.4) is 0 Å². The maximum absolute atomic E-state index is 12.2.